The molecule has 2 amide bonds. The molecule has 25 heavy (non-hydrogen) atoms. The van der Waals surface area contributed by atoms with Gasteiger partial charge in [0.15, 0.2) is 0 Å². The summed E-state index contributed by atoms with van der Waals surface area (Å²) in [5.41, 5.74) is 7.57. The highest BCUT2D eigenvalue weighted by Crippen LogP contribution is 2.17. The first kappa shape index (κ1) is 17.1. The number of pyridine rings is 1. The maximum Gasteiger partial charge on any atom is 0.252 e. The van der Waals surface area contributed by atoms with Crippen molar-refractivity contribution in [3.63, 3.8) is 0 Å². The van der Waals surface area contributed by atoms with E-state index in [9.17, 15) is 9.59 Å². The quantitative estimate of drug-likeness (QED) is 0.693. The van der Waals surface area contributed by atoms with Crippen LogP contribution in [0.1, 0.15) is 15.9 Å². The predicted octanol–water partition coefficient (Wildman–Crippen LogP) is 2.82. The van der Waals surface area contributed by atoms with Crippen molar-refractivity contribution >= 4 is 38.6 Å². The lowest BCUT2D eigenvalue weighted by molar-refractivity contribution is -0.119. The third kappa shape index (κ3) is 4.03. The molecular weight excluding hydrogens is 382 g/mol. The van der Waals surface area contributed by atoms with Gasteiger partial charge < -0.3 is 11.1 Å². The molecule has 5 nitrogen and oxygen atoms in total. The van der Waals surface area contributed by atoms with E-state index in [0.717, 1.165) is 20.9 Å². The van der Waals surface area contributed by atoms with Crippen molar-refractivity contribution in [1.82, 2.24) is 10.3 Å². The largest absolute Gasteiger partial charge is 0.368 e. The molecule has 0 spiro atoms. The lowest BCUT2D eigenvalue weighted by Crippen LogP contribution is -2.45. The number of nitrogens with two attached hydrogens (primary N) is 1. The molecule has 3 rings (SSSR count). The van der Waals surface area contributed by atoms with E-state index in [4.69, 9.17) is 5.73 Å². The molecule has 6 heteroatoms. The van der Waals surface area contributed by atoms with Crippen molar-refractivity contribution < 1.29 is 9.59 Å². The Hall–Kier alpha value is -2.73. The second-order valence-electron chi connectivity index (χ2n) is 5.63. The van der Waals surface area contributed by atoms with Crippen LogP contribution in [0.5, 0.6) is 0 Å². The van der Waals surface area contributed by atoms with Crippen LogP contribution in [0.25, 0.3) is 10.9 Å². The molecule has 126 valence electrons. The zero-order chi connectivity index (χ0) is 17.8. The normalized spacial score (nSPS) is 11.9. The van der Waals surface area contributed by atoms with Crippen molar-refractivity contribution in [2.24, 2.45) is 5.73 Å². The molecular formula is C19H16BrN3O2. The summed E-state index contributed by atoms with van der Waals surface area (Å²) in [7, 11) is 0. The molecule has 0 saturated heterocycles. The molecule has 1 atom stereocenters. The van der Waals surface area contributed by atoms with Crippen LogP contribution in [-0.2, 0) is 11.2 Å². The van der Waals surface area contributed by atoms with Gasteiger partial charge in [-0.2, -0.15) is 0 Å². The van der Waals surface area contributed by atoms with Crippen molar-refractivity contribution in [3.05, 3.63) is 76.4 Å². The summed E-state index contributed by atoms with van der Waals surface area (Å²) in [5.74, 6) is -0.922. The van der Waals surface area contributed by atoms with Gasteiger partial charge in [0, 0.05) is 22.5 Å². The number of nitrogens with one attached hydrogen (secondary N) is 1. The van der Waals surface area contributed by atoms with Gasteiger partial charge in [0.25, 0.3) is 5.91 Å². The minimum absolute atomic E-state index is 0.331. The molecule has 3 aromatic rings. The van der Waals surface area contributed by atoms with Crippen LogP contribution in [0.15, 0.2) is 65.3 Å². The zero-order valence-electron chi connectivity index (χ0n) is 13.3. The summed E-state index contributed by atoms with van der Waals surface area (Å²) in [6, 6.07) is 15.7. The highest BCUT2D eigenvalue weighted by Gasteiger charge is 2.20. The second kappa shape index (κ2) is 7.44. The Kier molecular flexibility index (Phi) is 5.09. The maximum atomic E-state index is 12.7. The number of hydrogen-bond donors (Lipinski definition) is 2. The van der Waals surface area contributed by atoms with Crippen molar-refractivity contribution in [3.8, 4) is 0 Å². The fraction of sp³-hybridized carbons (Fsp3) is 0.105. The number of rotatable bonds is 5. The van der Waals surface area contributed by atoms with E-state index in [2.05, 4.69) is 26.2 Å². The average Bonchev–Trinajstić information content (AvgIpc) is 2.62. The molecule has 0 saturated carbocycles. The maximum absolute atomic E-state index is 12.7. The molecule has 3 N–H and O–H groups in total. The Morgan fingerprint density at radius 3 is 2.52 bits per heavy atom. The van der Waals surface area contributed by atoms with Crippen molar-refractivity contribution in [1.29, 1.82) is 0 Å². The fourth-order valence-electron chi connectivity index (χ4n) is 2.61. The highest BCUT2D eigenvalue weighted by atomic mass is 79.9. The van der Waals surface area contributed by atoms with Crippen LogP contribution < -0.4 is 11.1 Å². The first-order chi connectivity index (χ1) is 12.0. The highest BCUT2D eigenvalue weighted by molar-refractivity contribution is 9.10. The number of carbonyl (C=O) groups is 2. The second-order valence-corrected chi connectivity index (χ2v) is 6.55. The van der Waals surface area contributed by atoms with Gasteiger partial charge in [-0.25, -0.2) is 0 Å². The average molecular weight is 398 g/mol. The first-order valence-corrected chi connectivity index (χ1v) is 8.52. The fourth-order valence-corrected chi connectivity index (χ4v) is 2.87. The third-order valence-corrected chi connectivity index (χ3v) is 4.42. The van der Waals surface area contributed by atoms with Crippen LogP contribution in [-0.4, -0.2) is 22.8 Å². The van der Waals surface area contributed by atoms with Gasteiger partial charge in [0.2, 0.25) is 5.91 Å². The lowest BCUT2D eigenvalue weighted by Gasteiger charge is -2.16. The van der Waals surface area contributed by atoms with Gasteiger partial charge in [0.05, 0.1) is 11.1 Å². The van der Waals surface area contributed by atoms with Gasteiger partial charge in [-0.15, -0.1) is 0 Å². The van der Waals surface area contributed by atoms with Crippen molar-refractivity contribution in [2.45, 2.75) is 12.5 Å². The van der Waals surface area contributed by atoms with E-state index < -0.39 is 11.9 Å². The Bertz CT molecular complexity index is 920. The number of benzene rings is 2. The van der Waals surface area contributed by atoms with Crippen LogP contribution in [0.2, 0.25) is 0 Å². The molecule has 1 aromatic heterocycles. The number of carbonyl (C=O) groups excluding carboxylic acids is 2. The van der Waals surface area contributed by atoms with E-state index in [1.807, 2.05) is 48.5 Å². The van der Waals surface area contributed by atoms with E-state index >= 15 is 0 Å². The van der Waals surface area contributed by atoms with Crippen LogP contribution >= 0.6 is 15.9 Å². The number of primary amides is 1. The summed E-state index contributed by atoms with van der Waals surface area (Å²) in [4.78, 5) is 28.7. The van der Waals surface area contributed by atoms with E-state index in [1.165, 1.54) is 0 Å². The minimum atomic E-state index is -0.791. The SMILES string of the molecule is NC(=O)[C@@H](Cc1ccc(Br)cc1)NC(=O)c1ccnc2ccccc12. The Morgan fingerprint density at radius 2 is 1.80 bits per heavy atom. The summed E-state index contributed by atoms with van der Waals surface area (Å²) in [6.07, 6.45) is 1.91. The van der Waals surface area contributed by atoms with Gasteiger partial charge in [-0.3, -0.25) is 14.6 Å². The Balaban J connectivity index is 1.83. The number of nitrogens with zero attached hydrogens (tertiary/aromatic N) is 1. The molecule has 1 heterocycles. The zero-order valence-corrected chi connectivity index (χ0v) is 14.9. The van der Waals surface area contributed by atoms with Gasteiger partial charge in [0.1, 0.15) is 6.04 Å². The third-order valence-electron chi connectivity index (χ3n) is 3.90. The number of hydrogen-bond acceptors (Lipinski definition) is 3. The summed E-state index contributed by atoms with van der Waals surface area (Å²) in [6.45, 7) is 0. The lowest BCUT2D eigenvalue weighted by atomic mass is 10.0. The van der Waals surface area contributed by atoms with Gasteiger partial charge in [-0.05, 0) is 29.8 Å². The first-order valence-electron chi connectivity index (χ1n) is 7.73. The van der Waals surface area contributed by atoms with Crippen LogP contribution in [0.3, 0.4) is 0 Å². The molecule has 0 radical (unpaired) electrons. The topological polar surface area (TPSA) is 85.1 Å². The molecule has 0 aliphatic heterocycles. The van der Waals surface area contributed by atoms with Crippen LogP contribution in [0.4, 0.5) is 0 Å². The summed E-state index contributed by atoms with van der Waals surface area (Å²) >= 11 is 3.37. The monoisotopic (exact) mass is 397 g/mol. The number of para-hydroxylation sites is 1. The number of fused-ring (bicyclic) bond motifs is 1. The molecule has 0 aliphatic rings. The minimum Gasteiger partial charge on any atom is -0.368 e. The Labute approximate surface area is 153 Å². The summed E-state index contributed by atoms with van der Waals surface area (Å²) < 4.78 is 0.944. The van der Waals surface area contributed by atoms with Crippen LogP contribution in [0, 0.1) is 0 Å². The molecule has 0 aliphatic carbocycles. The molecule has 0 unspecified atom stereocenters. The molecule has 0 bridgehead atoms. The Morgan fingerprint density at radius 1 is 1.08 bits per heavy atom. The number of amides is 2. The van der Waals surface area contributed by atoms with Gasteiger partial charge >= 0.3 is 0 Å². The number of halogens is 1. The smallest absolute Gasteiger partial charge is 0.252 e. The molecule has 0 fully saturated rings. The van der Waals surface area contributed by atoms with E-state index in [-0.39, 0.29) is 5.91 Å². The van der Waals surface area contributed by atoms with E-state index in [1.54, 1.807) is 12.3 Å². The number of aromatic nitrogens is 1. The molecule has 2 aromatic carbocycles. The van der Waals surface area contributed by atoms with Gasteiger partial charge in [-0.1, -0.05) is 46.3 Å². The van der Waals surface area contributed by atoms with E-state index in [0.29, 0.717) is 12.0 Å². The van der Waals surface area contributed by atoms with Crippen molar-refractivity contribution in [2.75, 3.05) is 0 Å². The standard InChI is InChI=1S/C19H16BrN3O2/c20-13-7-5-12(6-8-13)11-17(18(21)24)23-19(25)15-9-10-22-16-4-2-1-3-14(15)16/h1-10,17H,11H2,(H2,21,24)(H,23,25)/t17-/m1/s1. The predicted molar refractivity (Wildman–Crippen MR) is 100 cm³/mol. The summed E-state index contributed by atoms with van der Waals surface area (Å²) in [5, 5.41) is 3.47.